The lowest BCUT2D eigenvalue weighted by atomic mass is 10.3. The molecule has 2 heterocycles. The molecule has 1 saturated heterocycles. The van der Waals surface area contributed by atoms with Crippen LogP contribution in [-0.4, -0.2) is 76.0 Å². The number of amides is 1. The first-order valence-electron chi connectivity index (χ1n) is 8.82. The largest absolute Gasteiger partial charge is 0.465 e. The maximum atomic E-state index is 12.7. The summed E-state index contributed by atoms with van der Waals surface area (Å²) in [6.07, 6.45) is 2.30. The van der Waals surface area contributed by atoms with Gasteiger partial charge in [-0.2, -0.15) is 9.90 Å². The topological polar surface area (TPSA) is 80.6 Å². The summed E-state index contributed by atoms with van der Waals surface area (Å²) in [5.41, 5.74) is 1.13. The summed E-state index contributed by atoms with van der Waals surface area (Å²) in [6, 6.07) is 9.47. The lowest BCUT2D eigenvalue weighted by Gasteiger charge is -2.20. The molecule has 1 aliphatic heterocycles. The zero-order valence-electron chi connectivity index (χ0n) is 14.9. The predicted molar refractivity (Wildman–Crippen MR) is 95.0 cm³/mol. The van der Waals surface area contributed by atoms with Gasteiger partial charge in [0.15, 0.2) is 5.69 Å². The Kier molecular flexibility index (Phi) is 5.96. The average Bonchev–Trinajstić information content (AvgIpc) is 3.03. The van der Waals surface area contributed by atoms with Crippen molar-refractivity contribution < 1.29 is 14.3 Å². The van der Waals surface area contributed by atoms with Crippen molar-refractivity contribution in [2.24, 2.45) is 0 Å². The maximum absolute atomic E-state index is 12.7. The molecule has 1 fully saturated rings. The Bertz CT molecular complexity index is 746. The number of hydrogen-bond acceptors (Lipinski definition) is 6. The van der Waals surface area contributed by atoms with Gasteiger partial charge in [-0.15, -0.1) is 5.10 Å². The molecule has 138 valence electrons. The van der Waals surface area contributed by atoms with Gasteiger partial charge < -0.3 is 9.64 Å². The predicted octanol–water partition coefficient (Wildman–Crippen LogP) is 0.978. The van der Waals surface area contributed by atoms with Crippen molar-refractivity contribution in [1.29, 1.82) is 0 Å². The van der Waals surface area contributed by atoms with E-state index < -0.39 is 0 Å². The zero-order chi connectivity index (χ0) is 18.4. The van der Waals surface area contributed by atoms with E-state index in [9.17, 15) is 9.59 Å². The Morgan fingerprint density at radius 2 is 1.92 bits per heavy atom. The molecular weight excluding hydrogens is 334 g/mol. The van der Waals surface area contributed by atoms with E-state index in [0.29, 0.717) is 31.9 Å². The van der Waals surface area contributed by atoms with Crippen LogP contribution in [0.3, 0.4) is 0 Å². The molecular formula is C18H23N5O3. The number of aromatic nitrogens is 3. The molecule has 0 atom stereocenters. The minimum atomic E-state index is -0.224. The second kappa shape index (κ2) is 8.57. The fourth-order valence-electron chi connectivity index (χ4n) is 2.93. The molecule has 0 spiro atoms. The molecule has 1 aliphatic rings. The Balaban J connectivity index is 1.60. The summed E-state index contributed by atoms with van der Waals surface area (Å²) in [4.78, 5) is 29.6. The lowest BCUT2D eigenvalue weighted by Crippen LogP contribution is -2.37. The Hall–Kier alpha value is -2.74. The second-order valence-corrected chi connectivity index (χ2v) is 6.08. The number of rotatable bonds is 5. The molecule has 0 bridgehead atoms. The van der Waals surface area contributed by atoms with E-state index in [-0.39, 0.29) is 18.4 Å². The van der Waals surface area contributed by atoms with Crippen LogP contribution >= 0.6 is 0 Å². The van der Waals surface area contributed by atoms with Crippen molar-refractivity contribution in [2.45, 2.75) is 13.3 Å². The summed E-state index contributed by atoms with van der Waals surface area (Å²) in [5, 5.41) is 8.49. The number of nitrogens with zero attached hydrogens (tertiary/aromatic N) is 5. The molecule has 1 aromatic heterocycles. The quantitative estimate of drug-likeness (QED) is 0.742. The van der Waals surface area contributed by atoms with Gasteiger partial charge in [-0.05, 0) is 25.5 Å². The zero-order valence-corrected chi connectivity index (χ0v) is 14.9. The maximum Gasteiger partial charge on any atom is 0.320 e. The molecule has 0 N–H and O–H groups in total. The number of hydrogen-bond donors (Lipinski definition) is 0. The van der Waals surface area contributed by atoms with Gasteiger partial charge in [0.25, 0.3) is 5.91 Å². The molecule has 0 saturated carbocycles. The van der Waals surface area contributed by atoms with Gasteiger partial charge in [-0.3, -0.25) is 14.5 Å². The minimum Gasteiger partial charge on any atom is -0.465 e. The van der Waals surface area contributed by atoms with Crippen LogP contribution in [0, 0.1) is 0 Å². The number of para-hydroxylation sites is 1. The van der Waals surface area contributed by atoms with E-state index in [1.807, 2.05) is 35.2 Å². The lowest BCUT2D eigenvalue weighted by molar-refractivity contribution is -0.144. The fourth-order valence-corrected chi connectivity index (χ4v) is 2.93. The Labute approximate surface area is 152 Å². The summed E-state index contributed by atoms with van der Waals surface area (Å²) >= 11 is 0. The van der Waals surface area contributed by atoms with Gasteiger partial charge in [-0.25, -0.2) is 0 Å². The highest BCUT2D eigenvalue weighted by Gasteiger charge is 2.23. The van der Waals surface area contributed by atoms with Crippen LogP contribution in [-0.2, 0) is 9.53 Å². The number of carbonyl (C=O) groups is 2. The van der Waals surface area contributed by atoms with Gasteiger partial charge in [0, 0.05) is 26.2 Å². The number of ether oxygens (including phenoxy) is 1. The molecule has 2 aromatic rings. The van der Waals surface area contributed by atoms with Gasteiger partial charge in [-0.1, -0.05) is 18.2 Å². The van der Waals surface area contributed by atoms with Crippen LogP contribution in [0.25, 0.3) is 5.69 Å². The summed E-state index contributed by atoms with van der Waals surface area (Å²) < 4.78 is 4.99. The van der Waals surface area contributed by atoms with E-state index in [2.05, 4.69) is 10.2 Å². The van der Waals surface area contributed by atoms with E-state index >= 15 is 0 Å². The first kappa shape index (κ1) is 18.1. The SMILES string of the molecule is CCOC(=O)CN1CCCN(C(=O)c2cnn(-c3ccccc3)n2)CC1. The van der Waals surface area contributed by atoms with Crippen LogP contribution < -0.4 is 0 Å². The minimum absolute atomic E-state index is 0.134. The van der Waals surface area contributed by atoms with Gasteiger partial charge in [0.05, 0.1) is 25.0 Å². The molecule has 0 unspecified atom stereocenters. The van der Waals surface area contributed by atoms with Crippen molar-refractivity contribution in [1.82, 2.24) is 24.8 Å². The fraction of sp³-hybridized carbons (Fsp3) is 0.444. The van der Waals surface area contributed by atoms with Gasteiger partial charge in [0.1, 0.15) is 0 Å². The monoisotopic (exact) mass is 357 g/mol. The van der Waals surface area contributed by atoms with Crippen LogP contribution in [0.4, 0.5) is 0 Å². The molecule has 1 amide bonds. The average molecular weight is 357 g/mol. The highest BCUT2D eigenvalue weighted by molar-refractivity contribution is 5.92. The van der Waals surface area contributed by atoms with Crippen LogP contribution in [0.2, 0.25) is 0 Å². The van der Waals surface area contributed by atoms with Crippen LogP contribution in [0.1, 0.15) is 23.8 Å². The third-order valence-corrected chi connectivity index (χ3v) is 4.23. The molecule has 8 nitrogen and oxygen atoms in total. The van der Waals surface area contributed by atoms with E-state index in [4.69, 9.17) is 4.74 Å². The van der Waals surface area contributed by atoms with Crippen molar-refractivity contribution in [3.8, 4) is 5.69 Å². The van der Waals surface area contributed by atoms with Gasteiger partial charge >= 0.3 is 5.97 Å². The first-order valence-corrected chi connectivity index (χ1v) is 8.82. The Morgan fingerprint density at radius 3 is 2.69 bits per heavy atom. The smallest absolute Gasteiger partial charge is 0.320 e. The number of esters is 1. The molecule has 26 heavy (non-hydrogen) atoms. The standard InChI is InChI=1S/C18H23N5O3/c1-2-26-17(24)14-21-9-6-10-22(12-11-21)18(25)16-13-19-23(20-16)15-7-4-3-5-8-15/h3-5,7-8,13H,2,6,9-12,14H2,1H3. The van der Waals surface area contributed by atoms with Crippen LogP contribution in [0.5, 0.6) is 0 Å². The van der Waals surface area contributed by atoms with Crippen molar-refractivity contribution in [2.75, 3.05) is 39.3 Å². The molecule has 1 aromatic carbocycles. The third-order valence-electron chi connectivity index (χ3n) is 4.23. The van der Waals surface area contributed by atoms with E-state index in [1.165, 1.54) is 11.0 Å². The molecule has 3 rings (SSSR count). The van der Waals surface area contributed by atoms with E-state index in [1.54, 1.807) is 11.8 Å². The van der Waals surface area contributed by atoms with Crippen molar-refractivity contribution in [3.63, 3.8) is 0 Å². The highest BCUT2D eigenvalue weighted by atomic mass is 16.5. The summed E-state index contributed by atoms with van der Waals surface area (Å²) in [7, 11) is 0. The van der Waals surface area contributed by atoms with Crippen LogP contribution in [0.15, 0.2) is 36.5 Å². The summed E-state index contributed by atoms with van der Waals surface area (Å²) in [5.74, 6) is -0.358. The van der Waals surface area contributed by atoms with Crippen molar-refractivity contribution in [3.05, 3.63) is 42.2 Å². The highest BCUT2D eigenvalue weighted by Crippen LogP contribution is 2.09. The summed E-state index contributed by atoms with van der Waals surface area (Å²) in [6.45, 7) is 5.03. The van der Waals surface area contributed by atoms with Gasteiger partial charge in [0.2, 0.25) is 0 Å². The third kappa shape index (κ3) is 4.45. The molecule has 0 radical (unpaired) electrons. The molecule has 8 heteroatoms. The first-order chi connectivity index (χ1) is 12.7. The number of carbonyl (C=O) groups excluding carboxylic acids is 2. The Morgan fingerprint density at radius 1 is 1.12 bits per heavy atom. The van der Waals surface area contributed by atoms with Crippen molar-refractivity contribution >= 4 is 11.9 Å². The molecule has 0 aliphatic carbocycles. The second-order valence-electron chi connectivity index (χ2n) is 6.08. The number of benzene rings is 1. The van der Waals surface area contributed by atoms with E-state index in [0.717, 1.165) is 18.7 Å². The normalized spacial score (nSPS) is 15.5.